The highest BCUT2D eigenvalue weighted by Gasteiger charge is 2.28. The highest BCUT2D eigenvalue weighted by molar-refractivity contribution is 5.83. The number of hydrogen-bond donors (Lipinski definition) is 0. The molecule has 1 unspecified atom stereocenters. The van der Waals surface area contributed by atoms with Crippen LogP contribution in [0.2, 0.25) is 0 Å². The minimum Gasteiger partial charge on any atom is -0.336 e. The standard InChI is InChI=1S/C24H26FN3O/c1-27(2)23(21-11-4-3-5-12-21)24(29)28(18-19-9-8-15-26-17-19)16-14-20-10-6-7-13-22(20)25/h3-13,15,17,23H,14,16,18H2,1-2H3. The summed E-state index contributed by atoms with van der Waals surface area (Å²) in [4.78, 5) is 21.4. The molecule has 3 aromatic rings. The molecule has 5 heteroatoms. The summed E-state index contributed by atoms with van der Waals surface area (Å²) in [5, 5.41) is 0. The molecule has 150 valence electrons. The van der Waals surface area contributed by atoms with Gasteiger partial charge in [-0.3, -0.25) is 14.7 Å². The number of carbonyl (C=O) groups is 1. The predicted octanol–water partition coefficient (Wildman–Crippen LogP) is 4.09. The van der Waals surface area contributed by atoms with Crippen LogP contribution in [0.15, 0.2) is 79.1 Å². The van der Waals surface area contributed by atoms with Crippen LogP contribution in [0.4, 0.5) is 4.39 Å². The molecule has 1 amide bonds. The number of likely N-dealkylation sites (N-methyl/N-ethyl adjacent to an activating group) is 1. The monoisotopic (exact) mass is 391 g/mol. The van der Waals surface area contributed by atoms with E-state index in [1.165, 1.54) is 6.07 Å². The zero-order valence-electron chi connectivity index (χ0n) is 16.8. The van der Waals surface area contributed by atoms with Crippen molar-refractivity contribution in [3.63, 3.8) is 0 Å². The molecule has 0 fully saturated rings. The lowest BCUT2D eigenvalue weighted by atomic mass is 10.0. The van der Waals surface area contributed by atoms with Gasteiger partial charge in [0.1, 0.15) is 11.9 Å². The van der Waals surface area contributed by atoms with Gasteiger partial charge in [0.2, 0.25) is 5.91 Å². The summed E-state index contributed by atoms with van der Waals surface area (Å²) in [5.74, 6) is -0.255. The molecule has 4 nitrogen and oxygen atoms in total. The first kappa shape index (κ1) is 20.7. The zero-order valence-corrected chi connectivity index (χ0v) is 16.8. The third-order valence-electron chi connectivity index (χ3n) is 4.88. The maximum absolute atomic E-state index is 14.1. The third kappa shape index (κ3) is 5.48. The molecular formula is C24H26FN3O. The van der Waals surface area contributed by atoms with Gasteiger partial charge in [0.05, 0.1) is 0 Å². The van der Waals surface area contributed by atoms with Crippen LogP contribution >= 0.6 is 0 Å². The first-order valence-electron chi connectivity index (χ1n) is 9.68. The summed E-state index contributed by atoms with van der Waals surface area (Å²) in [6.45, 7) is 0.851. The number of aromatic nitrogens is 1. The lowest BCUT2D eigenvalue weighted by Gasteiger charge is -2.31. The Balaban J connectivity index is 1.86. The Bertz CT molecular complexity index is 916. The third-order valence-corrected chi connectivity index (χ3v) is 4.88. The Kier molecular flexibility index (Phi) is 7.09. The number of rotatable bonds is 8. The molecular weight excluding hydrogens is 365 g/mol. The summed E-state index contributed by atoms with van der Waals surface area (Å²) < 4.78 is 14.1. The average molecular weight is 391 g/mol. The van der Waals surface area contributed by atoms with Gasteiger partial charge >= 0.3 is 0 Å². The second kappa shape index (κ2) is 9.94. The lowest BCUT2D eigenvalue weighted by molar-refractivity contribution is -0.137. The Labute approximate surface area is 171 Å². The largest absolute Gasteiger partial charge is 0.336 e. The Morgan fingerprint density at radius 1 is 1.00 bits per heavy atom. The summed E-state index contributed by atoms with van der Waals surface area (Å²) in [7, 11) is 3.80. The van der Waals surface area contributed by atoms with E-state index >= 15 is 0 Å². The van der Waals surface area contributed by atoms with Gasteiger partial charge in [-0.05, 0) is 49.3 Å². The van der Waals surface area contributed by atoms with Gasteiger partial charge < -0.3 is 4.90 Å². The smallest absolute Gasteiger partial charge is 0.244 e. The van der Waals surface area contributed by atoms with Crippen LogP contribution in [0.25, 0.3) is 0 Å². The Hall–Kier alpha value is -3.05. The Morgan fingerprint density at radius 3 is 2.38 bits per heavy atom. The molecule has 0 saturated carbocycles. The molecule has 0 aliphatic carbocycles. The molecule has 0 bridgehead atoms. The van der Waals surface area contributed by atoms with E-state index in [0.29, 0.717) is 25.1 Å². The topological polar surface area (TPSA) is 36.4 Å². The number of amides is 1. The van der Waals surface area contributed by atoms with Gasteiger partial charge in [0.25, 0.3) is 0 Å². The number of hydrogen-bond acceptors (Lipinski definition) is 3. The second-order valence-corrected chi connectivity index (χ2v) is 7.24. The summed E-state index contributed by atoms with van der Waals surface area (Å²) >= 11 is 0. The minimum atomic E-state index is -0.409. The van der Waals surface area contributed by atoms with Crippen LogP contribution in [-0.4, -0.2) is 41.3 Å². The maximum atomic E-state index is 14.1. The number of nitrogens with zero attached hydrogens (tertiary/aromatic N) is 3. The molecule has 3 rings (SSSR count). The van der Waals surface area contributed by atoms with Crippen molar-refractivity contribution < 1.29 is 9.18 Å². The molecule has 0 aliphatic rings. The minimum absolute atomic E-state index is 0.0126. The molecule has 0 spiro atoms. The quantitative estimate of drug-likeness (QED) is 0.580. The number of carbonyl (C=O) groups excluding carboxylic acids is 1. The summed E-state index contributed by atoms with van der Waals surface area (Å²) in [6, 6.07) is 19.8. The maximum Gasteiger partial charge on any atom is 0.244 e. The fraction of sp³-hybridized carbons (Fsp3) is 0.250. The average Bonchev–Trinajstić information content (AvgIpc) is 2.73. The highest BCUT2D eigenvalue weighted by atomic mass is 19.1. The molecule has 2 aromatic carbocycles. The highest BCUT2D eigenvalue weighted by Crippen LogP contribution is 2.22. The second-order valence-electron chi connectivity index (χ2n) is 7.24. The van der Waals surface area contributed by atoms with Crippen LogP contribution in [0, 0.1) is 5.82 Å². The Morgan fingerprint density at radius 2 is 1.72 bits per heavy atom. The van der Waals surface area contributed by atoms with Gasteiger partial charge in [-0.2, -0.15) is 0 Å². The molecule has 1 heterocycles. The molecule has 1 aromatic heterocycles. The van der Waals surface area contributed by atoms with Crippen molar-refractivity contribution in [2.45, 2.75) is 19.0 Å². The molecule has 29 heavy (non-hydrogen) atoms. The van der Waals surface area contributed by atoms with Crippen LogP contribution < -0.4 is 0 Å². The van der Waals surface area contributed by atoms with Crippen LogP contribution in [0.1, 0.15) is 22.7 Å². The number of halogens is 1. The SMILES string of the molecule is CN(C)C(C(=O)N(CCc1ccccc1F)Cc1cccnc1)c1ccccc1. The first-order valence-corrected chi connectivity index (χ1v) is 9.68. The van der Waals surface area contributed by atoms with Crippen molar-refractivity contribution in [2.75, 3.05) is 20.6 Å². The molecule has 1 atom stereocenters. The van der Waals surface area contributed by atoms with E-state index in [0.717, 1.165) is 11.1 Å². The number of benzene rings is 2. The van der Waals surface area contributed by atoms with Crippen LogP contribution in [-0.2, 0) is 17.8 Å². The predicted molar refractivity (Wildman–Crippen MR) is 113 cm³/mol. The molecule has 0 saturated heterocycles. The fourth-order valence-corrected chi connectivity index (χ4v) is 3.41. The van der Waals surface area contributed by atoms with E-state index in [4.69, 9.17) is 0 Å². The molecule has 0 N–H and O–H groups in total. The van der Waals surface area contributed by atoms with Crippen LogP contribution in [0.5, 0.6) is 0 Å². The van der Waals surface area contributed by atoms with Crippen molar-refractivity contribution in [3.8, 4) is 0 Å². The zero-order chi connectivity index (χ0) is 20.6. The van der Waals surface area contributed by atoms with E-state index in [1.54, 1.807) is 29.4 Å². The molecule has 0 radical (unpaired) electrons. The van der Waals surface area contributed by atoms with Crippen molar-refractivity contribution in [2.24, 2.45) is 0 Å². The van der Waals surface area contributed by atoms with E-state index < -0.39 is 6.04 Å². The summed E-state index contributed by atoms with van der Waals surface area (Å²) in [6.07, 6.45) is 3.92. The van der Waals surface area contributed by atoms with E-state index in [1.807, 2.05) is 67.5 Å². The van der Waals surface area contributed by atoms with Crippen molar-refractivity contribution in [1.29, 1.82) is 0 Å². The fourth-order valence-electron chi connectivity index (χ4n) is 3.41. The van der Waals surface area contributed by atoms with E-state index in [2.05, 4.69) is 4.98 Å². The van der Waals surface area contributed by atoms with Gasteiger partial charge in [-0.25, -0.2) is 4.39 Å². The van der Waals surface area contributed by atoms with Crippen molar-refractivity contribution in [1.82, 2.24) is 14.8 Å². The van der Waals surface area contributed by atoms with Gasteiger partial charge in [-0.1, -0.05) is 54.6 Å². The van der Waals surface area contributed by atoms with E-state index in [-0.39, 0.29) is 11.7 Å². The van der Waals surface area contributed by atoms with Crippen molar-refractivity contribution in [3.05, 3.63) is 102 Å². The van der Waals surface area contributed by atoms with Gasteiger partial charge in [0, 0.05) is 25.5 Å². The van der Waals surface area contributed by atoms with Crippen LogP contribution in [0.3, 0.4) is 0 Å². The lowest BCUT2D eigenvalue weighted by Crippen LogP contribution is -2.41. The van der Waals surface area contributed by atoms with Gasteiger partial charge in [-0.15, -0.1) is 0 Å². The van der Waals surface area contributed by atoms with Crippen molar-refractivity contribution >= 4 is 5.91 Å². The van der Waals surface area contributed by atoms with Gasteiger partial charge in [0.15, 0.2) is 0 Å². The normalized spacial score (nSPS) is 12.0. The molecule has 0 aliphatic heterocycles. The van der Waals surface area contributed by atoms with E-state index in [9.17, 15) is 9.18 Å². The first-order chi connectivity index (χ1) is 14.1. The summed E-state index contributed by atoms with van der Waals surface area (Å²) in [5.41, 5.74) is 2.49. The number of pyridine rings is 1.